The SMILES string of the molecule is [CH2-]C(C)C([CH2-])C(C)(C)C.[K+]. The fourth-order valence-electron chi connectivity index (χ4n) is 0.854. The van der Waals surface area contributed by atoms with E-state index in [4.69, 9.17) is 0 Å². The van der Waals surface area contributed by atoms with Crippen LogP contribution in [-0.4, -0.2) is 0 Å². The summed E-state index contributed by atoms with van der Waals surface area (Å²) in [6, 6.07) is 0. The van der Waals surface area contributed by atoms with Gasteiger partial charge in [0, 0.05) is 0 Å². The maximum absolute atomic E-state index is 4.05. The molecule has 2 unspecified atom stereocenters. The largest absolute Gasteiger partial charge is 1.00 e. The Labute approximate surface area is 109 Å². The third-order valence-corrected chi connectivity index (χ3v) is 1.80. The van der Waals surface area contributed by atoms with E-state index in [9.17, 15) is 0 Å². The molecule has 0 aromatic heterocycles. The molecule has 0 spiro atoms. The molecule has 0 aromatic carbocycles. The second-order valence-corrected chi connectivity index (χ2v) is 3.95. The molecule has 0 amide bonds. The Morgan fingerprint density at radius 3 is 1.40 bits per heavy atom. The Morgan fingerprint density at radius 1 is 1.10 bits per heavy atom. The van der Waals surface area contributed by atoms with Gasteiger partial charge in [-0.1, -0.05) is 33.1 Å². The van der Waals surface area contributed by atoms with E-state index in [2.05, 4.69) is 41.5 Å². The van der Waals surface area contributed by atoms with Gasteiger partial charge in [0.1, 0.15) is 0 Å². The van der Waals surface area contributed by atoms with Gasteiger partial charge >= 0.3 is 51.4 Å². The summed E-state index contributed by atoms with van der Waals surface area (Å²) in [6.07, 6.45) is 0. The molecule has 0 saturated carbocycles. The van der Waals surface area contributed by atoms with Gasteiger partial charge in [0.15, 0.2) is 0 Å². The van der Waals surface area contributed by atoms with Crippen molar-refractivity contribution >= 4 is 0 Å². The van der Waals surface area contributed by atoms with Gasteiger partial charge in [-0.3, -0.25) is 0 Å². The van der Waals surface area contributed by atoms with Crippen molar-refractivity contribution in [3.8, 4) is 0 Å². The molecule has 0 bridgehead atoms. The van der Waals surface area contributed by atoms with E-state index in [-0.39, 0.29) is 51.4 Å². The second kappa shape index (κ2) is 5.31. The molecule has 10 heavy (non-hydrogen) atoms. The van der Waals surface area contributed by atoms with Crippen molar-refractivity contribution in [3.63, 3.8) is 0 Å². The maximum atomic E-state index is 4.05. The Hall–Kier alpha value is 1.64. The van der Waals surface area contributed by atoms with Crippen molar-refractivity contribution in [2.45, 2.75) is 27.7 Å². The molecule has 0 rings (SSSR count). The minimum atomic E-state index is 0. The van der Waals surface area contributed by atoms with Crippen LogP contribution in [0.1, 0.15) is 27.7 Å². The number of hydrogen-bond acceptors (Lipinski definition) is 0. The average Bonchev–Trinajstić information content (AvgIpc) is 1.62. The predicted octanol–water partition coefficient (Wildman–Crippen LogP) is -0.0430. The first-order valence-electron chi connectivity index (χ1n) is 3.52. The van der Waals surface area contributed by atoms with E-state index in [1.54, 1.807) is 0 Å². The van der Waals surface area contributed by atoms with E-state index in [1.165, 1.54) is 0 Å². The van der Waals surface area contributed by atoms with Crippen LogP contribution in [0.5, 0.6) is 0 Å². The molecule has 0 saturated heterocycles. The first-order valence-corrected chi connectivity index (χ1v) is 3.52. The van der Waals surface area contributed by atoms with Crippen molar-refractivity contribution in [2.75, 3.05) is 0 Å². The van der Waals surface area contributed by atoms with E-state index < -0.39 is 0 Å². The van der Waals surface area contributed by atoms with Crippen molar-refractivity contribution in [2.24, 2.45) is 17.3 Å². The van der Waals surface area contributed by atoms with Crippen LogP contribution in [0, 0.1) is 31.1 Å². The van der Waals surface area contributed by atoms with Crippen molar-refractivity contribution in [1.29, 1.82) is 0 Å². The Bertz CT molecular complexity index is 79.2. The van der Waals surface area contributed by atoms with E-state index in [1.807, 2.05) is 0 Å². The van der Waals surface area contributed by atoms with Gasteiger partial charge in [-0.25, -0.2) is 0 Å². The molecule has 1 heteroatoms. The molecule has 0 radical (unpaired) electrons. The molecular formula is C9H18K-. The zero-order valence-electron chi connectivity index (χ0n) is 8.07. The predicted molar refractivity (Wildman–Crippen MR) is 42.8 cm³/mol. The van der Waals surface area contributed by atoms with Gasteiger partial charge in [0.05, 0.1) is 0 Å². The van der Waals surface area contributed by atoms with Crippen LogP contribution in [0.25, 0.3) is 0 Å². The molecular weight excluding hydrogens is 147 g/mol. The van der Waals surface area contributed by atoms with Gasteiger partial charge in [-0.2, -0.15) is 11.8 Å². The summed E-state index contributed by atoms with van der Waals surface area (Å²) in [5, 5.41) is 0. The minimum absolute atomic E-state index is 0. The molecule has 0 fully saturated rings. The molecule has 0 N–H and O–H groups in total. The summed E-state index contributed by atoms with van der Waals surface area (Å²) >= 11 is 0. The van der Waals surface area contributed by atoms with Crippen LogP contribution in [0.2, 0.25) is 0 Å². The molecule has 2 atom stereocenters. The summed E-state index contributed by atoms with van der Waals surface area (Å²) in [5.41, 5.74) is 0.307. The first-order chi connectivity index (χ1) is 3.85. The summed E-state index contributed by atoms with van der Waals surface area (Å²) in [4.78, 5) is 0. The molecule has 0 aliphatic carbocycles. The Morgan fingerprint density at radius 2 is 1.40 bits per heavy atom. The molecule has 0 aromatic rings. The Balaban J connectivity index is 0. The van der Waals surface area contributed by atoms with Crippen LogP contribution in [-0.2, 0) is 0 Å². The van der Waals surface area contributed by atoms with Gasteiger partial charge < -0.3 is 13.8 Å². The third-order valence-electron chi connectivity index (χ3n) is 1.80. The maximum Gasteiger partial charge on any atom is 1.00 e. The summed E-state index contributed by atoms with van der Waals surface area (Å²) in [6.45, 7) is 16.7. The Kier molecular flexibility index (Phi) is 7.53. The normalized spacial score (nSPS) is 17.4. The average molecular weight is 165 g/mol. The first kappa shape index (κ1) is 14.2. The topological polar surface area (TPSA) is 0 Å². The summed E-state index contributed by atoms with van der Waals surface area (Å²) in [7, 11) is 0. The van der Waals surface area contributed by atoms with Crippen LogP contribution in [0.3, 0.4) is 0 Å². The molecule has 0 nitrogen and oxygen atoms in total. The van der Waals surface area contributed by atoms with E-state index in [0.29, 0.717) is 17.3 Å². The van der Waals surface area contributed by atoms with E-state index >= 15 is 0 Å². The van der Waals surface area contributed by atoms with Gasteiger partial charge in [0.25, 0.3) is 0 Å². The zero-order valence-corrected chi connectivity index (χ0v) is 11.2. The molecule has 0 heterocycles. The minimum Gasteiger partial charge on any atom is -0.343 e. The fourth-order valence-corrected chi connectivity index (χ4v) is 0.854. The van der Waals surface area contributed by atoms with Gasteiger partial charge in [-0.15, -0.1) is 0 Å². The van der Waals surface area contributed by atoms with Crippen LogP contribution < -0.4 is 51.4 Å². The zero-order chi connectivity index (χ0) is 7.65. The van der Waals surface area contributed by atoms with Crippen LogP contribution in [0.15, 0.2) is 0 Å². The van der Waals surface area contributed by atoms with Crippen molar-refractivity contribution in [1.82, 2.24) is 0 Å². The molecule has 0 aliphatic heterocycles. The monoisotopic (exact) mass is 165 g/mol. The summed E-state index contributed by atoms with van der Waals surface area (Å²) in [5.74, 6) is 0.905. The third kappa shape index (κ3) is 5.31. The molecule has 0 aliphatic rings. The van der Waals surface area contributed by atoms with Crippen molar-refractivity contribution < 1.29 is 51.4 Å². The van der Waals surface area contributed by atoms with Crippen LogP contribution in [0.4, 0.5) is 0 Å². The quantitative estimate of drug-likeness (QED) is 0.378. The van der Waals surface area contributed by atoms with Gasteiger partial charge in [-0.05, 0) is 0 Å². The molecule has 56 valence electrons. The number of rotatable bonds is 1. The number of hydrogen-bond donors (Lipinski definition) is 0. The standard InChI is InChI=1S/C9H18.K/c1-7(2)8(3)9(4,5)6;/h7-8H,1,3H2,2,4-6H3;/q-2;+1. The summed E-state index contributed by atoms with van der Waals surface area (Å²) < 4.78 is 0. The smallest absolute Gasteiger partial charge is 0.343 e. The van der Waals surface area contributed by atoms with Crippen molar-refractivity contribution in [3.05, 3.63) is 13.8 Å². The van der Waals surface area contributed by atoms with E-state index in [0.717, 1.165) is 0 Å². The van der Waals surface area contributed by atoms with Crippen LogP contribution >= 0.6 is 0 Å². The van der Waals surface area contributed by atoms with Gasteiger partial charge in [0.2, 0.25) is 0 Å². The second-order valence-electron chi connectivity index (χ2n) is 3.95. The fraction of sp³-hybridized carbons (Fsp3) is 0.778.